The number of aryl methyl sites for hydroxylation is 1. The number of hydrogen-bond acceptors (Lipinski definition) is 5. The maximum atomic E-state index is 5.38. The Labute approximate surface area is 94.1 Å². The summed E-state index contributed by atoms with van der Waals surface area (Å²) in [5.74, 6) is 0. The highest BCUT2D eigenvalue weighted by Crippen LogP contribution is 2.11. The van der Waals surface area contributed by atoms with E-state index in [-0.39, 0.29) is 0 Å². The lowest BCUT2D eigenvalue weighted by Gasteiger charge is -2.23. The minimum Gasteiger partial charge on any atom is -0.378 e. The third-order valence-electron chi connectivity index (χ3n) is 2.52. The average molecular weight is 227 g/mol. The molecule has 0 aliphatic carbocycles. The fraction of sp³-hybridized carbons (Fsp3) is 0.700. The highest BCUT2D eigenvalue weighted by molar-refractivity contribution is 7.09. The molecule has 1 aliphatic heterocycles. The smallest absolute Gasteiger partial charge is 0.0798 e. The molecule has 0 aromatic carbocycles. The summed E-state index contributed by atoms with van der Waals surface area (Å²) in [5, 5.41) is 6.84. The molecule has 1 aliphatic rings. The van der Waals surface area contributed by atoms with Crippen molar-refractivity contribution >= 4 is 11.3 Å². The minimum absolute atomic E-state index is 0.451. The number of thiazole rings is 1. The lowest BCUT2D eigenvalue weighted by atomic mass is 10.2. The number of morpholine rings is 1. The molecule has 0 radical (unpaired) electrons. The molecule has 15 heavy (non-hydrogen) atoms. The van der Waals surface area contributed by atoms with Crippen LogP contribution < -0.4 is 10.6 Å². The van der Waals surface area contributed by atoms with Crippen LogP contribution in [0.3, 0.4) is 0 Å². The number of nitrogens with zero attached hydrogens (tertiary/aromatic N) is 1. The molecule has 4 nitrogen and oxygen atoms in total. The van der Waals surface area contributed by atoms with Crippen molar-refractivity contribution in [2.45, 2.75) is 19.5 Å². The van der Waals surface area contributed by atoms with Crippen molar-refractivity contribution in [3.8, 4) is 0 Å². The molecular formula is C10H17N3OS. The largest absolute Gasteiger partial charge is 0.378 e. The first-order valence-electron chi connectivity index (χ1n) is 5.27. The van der Waals surface area contributed by atoms with Crippen LogP contribution in [0, 0.1) is 6.92 Å². The van der Waals surface area contributed by atoms with Gasteiger partial charge in [0.25, 0.3) is 0 Å². The topological polar surface area (TPSA) is 46.2 Å². The summed E-state index contributed by atoms with van der Waals surface area (Å²) in [7, 11) is 0. The van der Waals surface area contributed by atoms with Crippen LogP contribution in [0.4, 0.5) is 0 Å². The second-order valence-corrected chi connectivity index (χ2v) is 4.66. The number of rotatable bonds is 4. The fourth-order valence-electron chi connectivity index (χ4n) is 1.61. The molecule has 1 saturated heterocycles. The van der Waals surface area contributed by atoms with Crippen LogP contribution in [-0.2, 0) is 11.3 Å². The van der Waals surface area contributed by atoms with Crippen molar-refractivity contribution in [3.63, 3.8) is 0 Å². The van der Waals surface area contributed by atoms with Gasteiger partial charge in [0, 0.05) is 30.6 Å². The fourth-order valence-corrected chi connectivity index (χ4v) is 2.35. The zero-order valence-corrected chi connectivity index (χ0v) is 9.77. The lowest BCUT2D eigenvalue weighted by molar-refractivity contribution is 0.0766. The first-order chi connectivity index (χ1) is 7.36. The third kappa shape index (κ3) is 3.24. The molecule has 1 unspecified atom stereocenters. The molecule has 84 valence electrons. The molecule has 2 heterocycles. The number of nitrogens with one attached hydrogen (secondary N) is 2. The van der Waals surface area contributed by atoms with Crippen LogP contribution in [0.1, 0.15) is 10.6 Å². The average Bonchev–Trinajstić information content (AvgIpc) is 2.66. The molecule has 1 aromatic rings. The van der Waals surface area contributed by atoms with Gasteiger partial charge in [0.05, 0.1) is 24.4 Å². The SMILES string of the molecule is Cc1ncsc1CNCC1COCCN1. The Balaban J connectivity index is 1.68. The molecular weight excluding hydrogens is 210 g/mol. The van der Waals surface area contributed by atoms with E-state index in [1.54, 1.807) is 11.3 Å². The van der Waals surface area contributed by atoms with Gasteiger partial charge >= 0.3 is 0 Å². The molecule has 0 spiro atoms. The molecule has 1 atom stereocenters. The number of ether oxygens (including phenoxy) is 1. The van der Waals surface area contributed by atoms with E-state index in [0.29, 0.717) is 6.04 Å². The standard InChI is InChI=1S/C10H17N3OS/c1-8-10(15-7-13-8)5-11-4-9-6-14-3-2-12-9/h7,9,11-12H,2-6H2,1H3. The molecule has 2 rings (SSSR count). The van der Waals surface area contributed by atoms with Crippen molar-refractivity contribution in [1.82, 2.24) is 15.6 Å². The Morgan fingerprint density at radius 3 is 3.33 bits per heavy atom. The predicted molar refractivity (Wildman–Crippen MR) is 61.2 cm³/mol. The summed E-state index contributed by atoms with van der Waals surface area (Å²) in [6.45, 7) is 6.53. The lowest BCUT2D eigenvalue weighted by Crippen LogP contribution is -2.47. The van der Waals surface area contributed by atoms with Crippen molar-refractivity contribution in [2.24, 2.45) is 0 Å². The highest BCUT2D eigenvalue weighted by atomic mass is 32.1. The van der Waals surface area contributed by atoms with E-state index in [1.807, 2.05) is 5.51 Å². The summed E-state index contributed by atoms with van der Waals surface area (Å²) in [4.78, 5) is 5.55. The van der Waals surface area contributed by atoms with E-state index in [2.05, 4.69) is 22.5 Å². The Kier molecular flexibility index (Phi) is 4.08. The van der Waals surface area contributed by atoms with Crippen LogP contribution in [-0.4, -0.2) is 37.3 Å². The van der Waals surface area contributed by atoms with Gasteiger partial charge in [-0.05, 0) is 6.92 Å². The maximum Gasteiger partial charge on any atom is 0.0798 e. The van der Waals surface area contributed by atoms with E-state index in [0.717, 1.165) is 38.5 Å². The summed E-state index contributed by atoms with van der Waals surface area (Å²) >= 11 is 1.71. The number of hydrogen-bond donors (Lipinski definition) is 2. The van der Waals surface area contributed by atoms with E-state index in [9.17, 15) is 0 Å². The summed E-state index contributed by atoms with van der Waals surface area (Å²) in [6, 6.07) is 0.451. The van der Waals surface area contributed by atoms with Crippen molar-refractivity contribution < 1.29 is 4.74 Å². The zero-order chi connectivity index (χ0) is 10.5. The zero-order valence-electron chi connectivity index (χ0n) is 8.95. The van der Waals surface area contributed by atoms with Gasteiger partial charge in [0.1, 0.15) is 0 Å². The molecule has 1 aromatic heterocycles. The van der Waals surface area contributed by atoms with Crippen LogP contribution in [0.5, 0.6) is 0 Å². The van der Waals surface area contributed by atoms with Crippen LogP contribution in [0.15, 0.2) is 5.51 Å². The Hall–Kier alpha value is -0.490. The summed E-state index contributed by atoms with van der Waals surface area (Å²) in [6.07, 6.45) is 0. The predicted octanol–water partition coefficient (Wildman–Crippen LogP) is 0.530. The first kappa shape index (κ1) is 11.0. The van der Waals surface area contributed by atoms with Crippen molar-refractivity contribution in [1.29, 1.82) is 0 Å². The van der Waals surface area contributed by atoms with Crippen molar-refractivity contribution in [3.05, 3.63) is 16.1 Å². The molecule has 2 N–H and O–H groups in total. The normalized spacial score (nSPS) is 21.8. The Bertz CT molecular complexity index is 297. The second-order valence-electron chi connectivity index (χ2n) is 3.72. The molecule has 0 saturated carbocycles. The molecule has 0 bridgehead atoms. The second kappa shape index (κ2) is 5.55. The molecule has 1 fully saturated rings. The number of aromatic nitrogens is 1. The van der Waals surface area contributed by atoms with E-state index < -0.39 is 0 Å². The quantitative estimate of drug-likeness (QED) is 0.787. The van der Waals surface area contributed by atoms with Crippen LogP contribution in [0.2, 0.25) is 0 Å². The monoisotopic (exact) mass is 227 g/mol. The van der Waals surface area contributed by atoms with Gasteiger partial charge in [-0.3, -0.25) is 0 Å². The van der Waals surface area contributed by atoms with Gasteiger partial charge in [0.15, 0.2) is 0 Å². The third-order valence-corrected chi connectivity index (χ3v) is 3.45. The van der Waals surface area contributed by atoms with E-state index in [4.69, 9.17) is 4.74 Å². The molecule has 0 amide bonds. The highest BCUT2D eigenvalue weighted by Gasteiger charge is 2.12. The Morgan fingerprint density at radius 2 is 2.67 bits per heavy atom. The van der Waals surface area contributed by atoms with Crippen LogP contribution in [0.25, 0.3) is 0 Å². The van der Waals surface area contributed by atoms with Gasteiger partial charge in [-0.15, -0.1) is 11.3 Å². The molecule has 5 heteroatoms. The Morgan fingerprint density at radius 1 is 1.73 bits per heavy atom. The van der Waals surface area contributed by atoms with Crippen molar-refractivity contribution in [2.75, 3.05) is 26.3 Å². The maximum absolute atomic E-state index is 5.38. The van der Waals surface area contributed by atoms with Gasteiger partial charge in [-0.2, -0.15) is 0 Å². The van der Waals surface area contributed by atoms with Gasteiger partial charge < -0.3 is 15.4 Å². The van der Waals surface area contributed by atoms with E-state index in [1.165, 1.54) is 4.88 Å². The summed E-state index contributed by atoms with van der Waals surface area (Å²) in [5.41, 5.74) is 3.04. The van der Waals surface area contributed by atoms with Gasteiger partial charge in [-0.25, -0.2) is 4.98 Å². The van der Waals surface area contributed by atoms with Gasteiger partial charge in [0.2, 0.25) is 0 Å². The van der Waals surface area contributed by atoms with E-state index >= 15 is 0 Å². The summed E-state index contributed by atoms with van der Waals surface area (Å²) < 4.78 is 5.38. The first-order valence-corrected chi connectivity index (χ1v) is 6.15. The van der Waals surface area contributed by atoms with Crippen LogP contribution >= 0.6 is 11.3 Å². The minimum atomic E-state index is 0.451. The van der Waals surface area contributed by atoms with Gasteiger partial charge in [-0.1, -0.05) is 0 Å².